The van der Waals surface area contributed by atoms with Gasteiger partial charge in [-0.25, -0.2) is 0 Å². The van der Waals surface area contributed by atoms with E-state index < -0.39 is 0 Å². The molecule has 1 saturated heterocycles. The zero-order valence-corrected chi connectivity index (χ0v) is 16.7. The van der Waals surface area contributed by atoms with Crippen molar-refractivity contribution >= 4 is 17.8 Å². The Kier molecular flexibility index (Phi) is 8.10. The molecular formula is C20H28N2O6. The largest absolute Gasteiger partial charge is 0.493 e. The average molecular weight is 392 g/mol. The van der Waals surface area contributed by atoms with Crippen molar-refractivity contribution in [3.8, 4) is 11.5 Å². The lowest BCUT2D eigenvalue weighted by atomic mass is 10.0. The van der Waals surface area contributed by atoms with Gasteiger partial charge in [-0.1, -0.05) is 0 Å². The van der Waals surface area contributed by atoms with Crippen LogP contribution < -0.4 is 14.8 Å². The summed E-state index contributed by atoms with van der Waals surface area (Å²) in [5.41, 5.74) is 0.491. The molecule has 1 aliphatic rings. The third-order valence-corrected chi connectivity index (χ3v) is 4.68. The van der Waals surface area contributed by atoms with E-state index in [1.165, 1.54) is 7.11 Å². The van der Waals surface area contributed by atoms with Gasteiger partial charge < -0.3 is 24.4 Å². The van der Waals surface area contributed by atoms with Gasteiger partial charge in [0, 0.05) is 31.1 Å². The molecule has 8 nitrogen and oxygen atoms in total. The lowest BCUT2D eigenvalue weighted by Gasteiger charge is -2.32. The third kappa shape index (κ3) is 5.87. The van der Waals surface area contributed by atoms with E-state index in [1.807, 2.05) is 0 Å². The number of methoxy groups -OCH3 is 2. The molecule has 2 rings (SSSR count). The Balaban J connectivity index is 1.81. The van der Waals surface area contributed by atoms with Crippen molar-refractivity contribution in [2.75, 3.05) is 33.9 Å². The number of nitrogens with zero attached hydrogens (tertiary/aromatic N) is 1. The number of piperidine rings is 1. The van der Waals surface area contributed by atoms with E-state index in [2.05, 4.69) is 5.32 Å². The molecule has 8 heteroatoms. The molecule has 2 amide bonds. The highest BCUT2D eigenvalue weighted by Gasteiger charge is 2.24. The van der Waals surface area contributed by atoms with Gasteiger partial charge in [0.15, 0.2) is 11.5 Å². The van der Waals surface area contributed by atoms with Crippen LogP contribution in [0.3, 0.4) is 0 Å². The zero-order valence-electron chi connectivity index (χ0n) is 16.7. The van der Waals surface area contributed by atoms with Gasteiger partial charge in [0.2, 0.25) is 5.91 Å². The monoisotopic (exact) mass is 392 g/mol. The lowest BCUT2D eigenvalue weighted by molar-refractivity contribution is -0.145. The van der Waals surface area contributed by atoms with Crippen LogP contribution in [0.25, 0.3) is 0 Å². The topological polar surface area (TPSA) is 94.2 Å². The molecule has 154 valence electrons. The fourth-order valence-electron chi connectivity index (χ4n) is 3.12. The molecule has 0 bridgehead atoms. The smallest absolute Gasteiger partial charge is 0.306 e. The van der Waals surface area contributed by atoms with Gasteiger partial charge >= 0.3 is 5.97 Å². The highest BCUT2D eigenvalue weighted by Crippen LogP contribution is 2.27. The third-order valence-electron chi connectivity index (χ3n) is 4.68. The second-order valence-corrected chi connectivity index (χ2v) is 6.50. The first kappa shape index (κ1) is 21.5. The molecule has 1 aromatic carbocycles. The number of likely N-dealkylation sites (tertiary alicyclic amines) is 1. The molecule has 0 aromatic heterocycles. The molecule has 1 aromatic rings. The number of hydrogen-bond donors (Lipinski definition) is 1. The Hall–Kier alpha value is -2.77. The van der Waals surface area contributed by atoms with Crippen molar-refractivity contribution in [1.82, 2.24) is 10.2 Å². The summed E-state index contributed by atoms with van der Waals surface area (Å²) in [5.74, 6) is 0.463. The molecule has 28 heavy (non-hydrogen) atoms. The SMILES string of the molecule is CCOC(=O)CCC(=O)N1CCC(NC(=O)c2ccc(OC)c(OC)c2)CC1. The van der Waals surface area contributed by atoms with Crippen LogP contribution in [0.15, 0.2) is 18.2 Å². The molecule has 0 atom stereocenters. The van der Waals surface area contributed by atoms with Gasteiger partial charge in [0.05, 0.1) is 27.2 Å². The number of carbonyl (C=O) groups excluding carboxylic acids is 3. The fraction of sp³-hybridized carbons (Fsp3) is 0.550. The summed E-state index contributed by atoms with van der Waals surface area (Å²) in [4.78, 5) is 37.8. The predicted molar refractivity (Wildman–Crippen MR) is 102 cm³/mol. The van der Waals surface area contributed by atoms with Gasteiger partial charge in [0.1, 0.15) is 0 Å². The van der Waals surface area contributed by atoms with E-state index in [0.717, 1.165) is 0 Å². The number of ether oxygens (including phenoxy) is 3. The maximum Gasteiger partial charge on any atom is 0.306 e. The van der Waals surface area contributed by atoms with E-state index in [0.29, 0.717) is 49.6 Å². The van der Waals surface area contributed by atoms with Gasteiger partial charge in [0.25, 0.3) is 5.91 Å². The van der Waals surface area contributed by atoms with Crippen molar-refractivity contribution in [1.29, 1.82) is 0 Å². The Bertz CT molecular complexity index is 698. The second-order valence-electron chi connectivity index (χ2n) is 6.50. The first-order valence-corrected chi connectivity index (χ1v) is 9.44. The molecular weight excluding hydrogens is 364 g/mol. The zero-order chi connectivity index (χ0) is 20.5. The van der Waals surface area contributed by atoms with Crippen molar-refractivity contribution < 1.29 is 28.6 Å². The number of rotatable bonds is 8. The summed E-state index contributed by atoms with van der Waals surface area (Å²) in [6.45, 7) is 3.16. The Labute approximate surface area is 165 Å². The molecule has 0 aliphatic carbocycles. The minimum Gasteiger partial charge on any atom is -0.493 e. The van der Waals surface area contributed by atoms with Gasteiger partial charge in [-0.2, -0.15) is 0 Å². The highest BCUT2D eigenvalue weighted by molar-refractivity contribution is 5.95. The number of benzene rings is 1. The number of hydrogen-bond acceptors (Lipinski definition) is 6. The Morgan fingerprint density at radius 3 is 2.36 bits per heavy atom. The molecule has 1 aliphatic heterocycles. The molecule has 1 fully saturated rings. The van der Waals surface area contributed by atoms with Crippen LogP contribution in [0.4, 0.5) is 0 Å². The van der Waals surface area contributed by atoms with E-state index >= 15 is 0 Å². The summed E-state index contributed by atoms with van der Waals surface area (Å²) >= 11 is 0. The first-order chi connectivity index (χ1) is 13.5. The van der Waals surface area contributed by atoms with E-state index in [-0.39, 0.29) is 36.7 Å². The first-order valence-electron chi connectivity index (χ1n) is 9.44. The minimum atomic E-state index is -0.354. The van der Waals surface area contributed by atoms with E-state index in [9.17, 15) is 14.4 Å². The number of carbonyl (C=O) groups is 3. The summed E-state index contributed by atoms with van der Waals surface area (Å²) in [6, 6.07) is 5.01. The van der Waals surface area contributed by atoms with Gasteiger partial charge in [-0.05, 0) is 38.0 Å². The number of nitrogens with one attached hydrogen (secondary N) is 1. The quantitative estimate of drug-likeness (QED) is 0.678. The van der Waals surface area contributed by atoms with Crippen LogP contribution >= 0.6 is 0 Å². The normalized spacial score (nSPS) is 14.3. The van der Waals surface area contributed by atoms with Crippen molar-refractivity contribution in [3.05, 3.63) is 23.8 Å². The van der Waals surface area contributed by atoms with Crippen molar-refractivity contribution in [3.63, 3.8) is 0 Å². The van der Waals surface area contributed by atoms with E-state index in [4.69, 9.17) is 14.2 Å². The average Bonchev–Trinajstić information content (AvgIpc) is 2.72. The Morgan fingerprint density at radius 1 is 1.07 bits per heavy atom. The van der Waals surface area contributed by atoms with Crippen LogP contribution in [0.2, 0.25) is 0 Å². The van der Waals surface area contributed by atoms with Gasteiger partial charge in [-0.3, -0.25) is 14.4 Å². The fourth-order valence-corrected chi connectivity index (χ4v) is 3.12. The van der Waals surface area contributed by atoms with Gasteiger partial charge in [-0.15, -0.1) is 0 Å². The summed E-state index contributed by atoms with van der Waals surface area (Å²) in [7, 11) is 3.06. The number of esters is 1. The molecule has 0 unspecified atom stereocenters. The Morgan fingerprint density at radius 2 is 1.75 bits per heavy atom. The number of amides is 2. The highest BCUT2D eigenvalue weighted by atomic mass is 16.5. The maximum absolute atomic E-state index is 12.5. The second kappa shape index (κ2) is 10.5. The lowest BCUT2D eigenvalue weighted by Crippen LogP contribution is -2.46. The van der Waals surface area contributed by atoms with Crippen LogP contribution in [-0.4, -0.2) is 62.6 Å². The molecule has 1 heterocycles. The summed E-state index contributed by atoms with van der Waals surface area (Å²) in [5, 5.41) is 3.00. The minimum absolute atomic E-state index is 0.00490. The molecule has 0 radical (unpaired) electrons. The van der Waals surface area contributed by atoms with Crippen LogP contribution in [0, 0.1) is 0 Å². The van der Waals surface area contributed by atoms with Crippen LogP contribution in [0.1, 0.15) is 43.0 Å². The predicted octanol–water partition coefficient (Wildman–Crippen LogP) is 1.77. The van der Waals surface area contributed by atoms with E-state index in [1.54, 1.807) is 37.1 Å². The molecule has 1 N–H and O–H groups in total. The molecule has 0 saturated carbocycles. The van der Waals surface area contributed by atoms with Crippen molar-refractivity contribution in [2.45, 2.75) is 38.6 Å². The maximum atomic E-state index is 12.5. The summed E-state index contributed by atoms with van der Waals surface area (Å²) in [6.07, 6.45) is 1.60. The summed E-state index contributed by atoms with van der Waals surface area (Å²) < 4.78 is 15.3. The van der Waals surface area contributed by atoms with Crippen LogP contribution in [0.5, 0.6) is 11.5 Å². The van der Waals surface area contributed by atoms with Crippen molar-refractivity contribution in [2.24, 2.45) is 0 Å². The molecule has 0 spiro atoms. The standard InChI is InChI=1S/C20H28N2O6/c1-4-28-19(24)8-7-18(23)22-11-9-15(10-12-22)21-20(25)14-5-6-16(26-2)17(13-14)27-3/h5-6,13,15H,4,7-12H2,1-3H3,(H,21,25). The van der Waals surface area contributed by atoms with Crippen LogP contribution in [-0.2, 0) is 14.3 Å².